The maximum atomic E-state index is 4.91. The molecule has 4 heterocycles. The first kappa shape index (κ1) is 17.6. The van der Waals surface area contributed by atoms with E-state index in [2.05, 4.69) is 89.5 Å². The summed E-state index contributed by atoms with van der Waals surface area (Å²) < 4.78 is 4.74. The highest BCUT2D eigenvalue weighted by molar-refractivity contribution is 7.26. The van der Waals surface area contributed by atoms with Crippen LogP contribution in [0.3, 0.4) is 0 Å². The zero-order valence-corrected chi connectivity index (χ0v) is 17.9. The largest absolute Gasteiger partial charge is 0.292 e. The molecule has 7 rings (SSSR count). The van der Waals surface area contributed by atoms with Crippen molar-refractivity contribution in [3.05, 3.63) is 103 Å². The first-order valence-electron chi connectivity index (χ1n) is 10.6. The third-order valence-corrected chi connectivity index (χ3v) is 7.29. The van der Waals surface area contributed by atoms with Crippen molar-refractivity contribution >= 4 is 53.4 Å². The Morgan fingerprint density at radius 3 is 2.22 bits per heavy atom. The zero-order valence-electron chi connectivity index (χ0n) is 17.1. The Balaban J connectivity index is 1.53. The molecule has 0 N–H and O–H groups in total. The summed E-state index contributed by atoms with van der Waals surface area (Å²) in [6.45, 7) is 0. The number of aromatic nitrogens is 3. The van der Waals surface area contributed by atoms with Gasteiger partial charge in [0.15, 0.2) is 0 Å². The summed E-state index contributed by atoms with van der Waals surface area (Å²) in [7, 11) is 0. The Labute approximate surface area is 188 Å². The summed E-state index contributed by atoms with van der Waals surface area (Å²) in [5.41, 5.74) is 5.59. The van der Waals surface area contributed by atoms with Crippen molar-refractivity contribution in [2.24, 2.45) is 0 Å². The second kappa shape index (κ2) is 6.74. The van der Waals surface area contributed by atoms with Crippen LogP contribution in [0.5, 0.6) is 0 Å². The van der Waals surface area contributed by atoms with Gasteiger partial charge in [0.2, 0.25) is 0 Å². The maximum absolute atomic E-state index is 4.91. The van der Waals surface area contributed by atoms with E-state index in [-0.39, 0.29) is 0 Å². The predicted octanol–water partition coefficient (Wildman–Crippen LogP) is 7.61. The van der Waals surface area contributed by atoms with E-state index in [0.717, 1.165) is 27.9 Å². The van der Waals surface area contributed by atoms with Crippen LogP contribution >= 0.6 is 11.3 Å². The Hall–Kier alpha value is -4.02. The Kier molecular flexibility index (Phi) is 3.72. The standard InChI is InChI=1S/C28H17N3S/c1-2-8-18(9-3-1)19-14-15-25(29-16-19)31-22-12-6-4-10-20(22)26-23(31)17-30-27-21-11-5-7-13-24(21)32-28(26)27/h1-17H. The minimum atomic E-state index is 0.901. The van der Waals surface area contributed by atoms with Crippen LogP contribution in [0.15, 0.2) is 103 Å². The number of hydrogen-bond donors (Lipinski definition) is 0. The minimum absolute atomic E-state index is 0.901. The molecule has 0 spiro atoms. The fourth-order valence-electron chi connectivity index (χ4n) is 4.64. The quantitative estimate of drug-likeness (QED) is 0.284. The molecule has 4 heteroatoms. The summed E-state index contributed by atoms with van der Waals surface area (Å²) in [4.78, 5) is 9.77. The van der Waals surface area contributed by atoms with Gasteiger partial charge in [-0.1, -0.05) is 66.7 Å². The lowest BCUT2D eigenvalue weighted by Crippen LogP contribution is -1.97. The number of rotatable bonds is 2. The van der Waals surface area contributed by atoms with Crippen LogP contribution < -0.4 is 0 Å². The van der Waals surface area contributed by atoms with Crippen LogP contribution in [0.2, 0.25) is 0 Å². The van der Waals surface area contributed by atoms with Crippen LogP contribution in [0, 0.1) is 0 Å². The van der Waals surface area contributed by atoms with Gasteiger partial charge in [-0.15, -0.1) is 11.3 Å². The zero-order chi connectivity index (χ0) is 21.1. The number of hydrogen-bond acceptors (Lipinski definition) is 3. The Morgan fingerprint density at radius 1 is 0.594 bits per heavy atom. The normalized spacial score (nSPS) is 11.8. The van der Waals surface area contributed by atoms with E-state index < -0.39 is 0 Å². The highest BCUT2D eigenvalue weighted by atomic mass is 32.1. The van der Waals surface area contributed by atoms with Crippen molar-refractivity contribution in [3.8, 4) is 16.9 Å². The molecule has 150 valence electrons. The van der Waals surface area contributed by atoms with Gasteiger partial charge in [0.05, 0.1) is 27.4 Å². The molecule has 0 atom stereocenters. The van der Waals surface area contributed by atoms with Crippen molar-refractivity contribution in [2.75, 3.05) is 0 Å². The fraction of sp³-hybridized carbons (Fsp3) is 0. The smallest absolute Gasteiger partial charge is 0.137 e. The second-order valence-electron chi connectivity index (χ2n) is 7.92. The van der Waals surface area contributed by atoms with Crippen LogP contribution in [0.25, 0.3) is 59.1 Å². The van der Waals surface area contributed by atoms with E-state index in [9.17, 15) is 0 Å². The average molecular weight is 428 g/mol. The number of para-hydroxylation sites is 1. The van der Waals surface area contributed by atoms with Crippen molar-refractivity contribution in [3.63, 3.8) is 0 Å². The number of benzene rings is 3. The van der Waals surface area contributed by atoms with Crippen LogP contribution in [-0.2, 0) is 0 Å². The maximum Gasteiger partial charge on any atom is 0.137 e. The van der Waals surface area contributed by atoms with Gasteiger partial charge in [-0.3, -0.25) is 9.55 Å². The topological polar surface area (TPSA) is 30.7 Å². The average Bonchev–Trinajstić information content (AvgIpc) is 3.40. The van der Waals surface area contributed by atoms with Gasteiger partial charge in [0.1, 0.15) is 5.82 Å². The van der Waals surface area contributed by atoms with Gasteiger partial charge in [0, 0.05) is 32.6 Å². The lowest BCUT2D eigenvalue weighted by Gasteiger charge is -2.08. The molecule has 0 saturated heterocycles. The second-order valence-corrected chi connectivity index (χ2v) is 8.97. The van der Waals surface area contributed by atoms with Gasteiger partial charge >= 0.3 is 0 Å². The summed E-state index contributed by atoms with van der Waals surface area (Å²) in [5.74, 6) is 0.901. The van der Waals surface area contributed by atoms with E-state index >= 15 is 0 Å². The van der Waals surface area contributed by atoms with Gasteiger partial charge in [0.25, 0.3) is 0 Å². The summed E-state index contributed by atoms with van der Waals surface area (Å²) >= 11 is 1.82. The molecular formula is C28H17N3S. The molecule has 32 heavy (non-hydrogen) atoms. The van der Waals surface area contributed by atoms with Crippen LogP contribution in [-0.4, -0.2) is 14.5 Å². The van der Waals surface area contributed by atoms with Crippen LogP contribution in [0.4, 0.5) is 0 Å². The molecule has 0 saturated carbocycles. The lowest BCUT2D eigenvalue weighted by molar-refractivity contribution is 1.08. The highest BCUT2D eigenvalue weighted by Gasteiger charge is 2.18. The fourth-order valence-corrected chi connectivity index (χ4v) is 5.86. The Bertz CT molecular complexity index is 1760. The molecule has 4 aromatic heterocycles. The Morgan fingerprint density at radius 2 is 1.38 bits per heavy atom. The molecule has 3 aromatic carbocycles. The molecule has 0 radical (unpaired) electrons. The van der Waals surface area contributed by atoms with Crippen molar-refractivity contribution in [2.45, 2.75) is 0 Å². The summed E-state index contributed by atoms with van der Waals surface area (Å²) in [6, 6.07) is 31.7. The third kappa shape index (κ3) is 2.47. The van der Waals surface area contributed by atoms with E-state index in [1.54, 1.807) is 0 Å². The van der Waals surface area contributed by atoms with Crippen molar-refractivity contribution in [1.82, 2.24) is 14.5 Å². The number of thiophene rings is 1. The van der Waals surface area contributed by atoms with E-state index in [4.69, 9.17) is 9.97 Å². The van der Waals surface area contributed by atoms with E-state index in [1.165, 1.54) is 31.1 Å². The van der Waals surface area contributed by atoms with Gasteiger partial charge < -0.3 is 0 Å². The summed E-state index contributed by atoms with van der Waals surface area (Å²) in [5, 5.41) is 3.70. The molecule has 3 nitrogen and oxygen atoms in total. The number of nitrogens with zero attached hydrogens (tertiary/aromatic N) is 3. The SMILES string of the molecule is c1ccc(-c2ccc(-n3c4ccccc4c4c5sc6ccccc6c5ncc43)nc2)cc1. The van der Waals surface area contributed by atoms with Gasteiger partial charge in [-0.05, 0) is 29.8 Å². The molecule has 0 aliphatic heterocycles. The van der Waals surface area contributed by atoms with E-state index in [0.29, 0.717) is 0 Å². The van der Waals surface area contributed by atoms with Crippen LogP contribution in [0.1, 0.15) is 0 Å². The molecular weight excluding hydrogens is 410 g/mol. The first-order chi connectivity index (χ1) is 15.9. The molecule has 0 aliphatic rings. The molecule has 0 unspecified atom stereocenters. The third-order valence-electron chi connectivity index (χ3n) is 6.11. The molecule has 7 aromatic rings. The van der Waals surface area contributed by atoms with Crippen molar-refractivity contribution < 1.29 is 0 Å². The first-order valence-corrected chi connectivity index (χ1v) is 11.4. The molecule has 0 amide bonds. The number of fused-ring (bicyclic) bond motifs is 7. The number of pyridine rings is 2. The predicted molar refractivity (Wildman–Crippen MR) is 135 cm³/mol. The lowest BCUT2D eigenvalue weighted by atomic mass is 10.1. The van der Waals surface area contributed by atoms with E-state index in [1.807, 2.05) is 29.8 Å². The van der Waals surface area contributed by atoms with Crippen molar-refractivity contribution in [1.29, 1.82) is 0 Å². The molecule has 0 fully saturated rings. The highest BCUT2D eigenvalue weighted by Crippen LogP contribution is 2.41. The molecule has 0 bridgehead atoms. The monoisotopic (exact) mass is 427 g/mol. The van der Waals surface area contributed by atoms with Gasteiger partial charge in [-0.2, -0.15) is 0 Å². The minimum Gasteiger partial charge on any atom is -0.292 e. The molecule has 0 aliphatic carbocycles. The van der Waals surface area contributed by atoms with Gasteiger partial charge in [-0.25, -0.2) is 4.98 Å². The summed E-state index contributed by atoms with van der Waals surface area (Å²) in [6.07, 6.45) is 3.96.